The molecule has 0 saturated heterocycles. The van der Waals surface area contributed by atoms with Gasteiger partial charge in [-0.3, -0.25) is 4.79 Å². The average molecular weight is 167 g/mol. The standard InChI is InChI=1S/C9H15N2O/c1-2-3-4-5-6-8(7-10)9(11)12/h5,8H,2-4,6H2,1H3,(H2,11,12). The lowest BCUT2D eigenvalue weighted by Crippen LogP contribution is -2.21. The Morgan fingerprint density at radius 3 is 2.83 bits per heavy atom. The van der Waals surface area contributed by atoms with Gasteiger partial charge in [0.25, 0.3) is 0 Å². The molecule has 1 unspecified atom stereocenters. The third-order valence-electron chi connectivity index (χ3n) is 1.66. The fourth-order valence-electron chi connectivity index (χ4n) is 0.865. The van der Waals surface area contributed by atoms with Crippen LogP contribution in [0.5, 0.6) is 0 Å². The molecule has 1 atom stereocenters. The van der Waals surface area contributed by atoms with E-state index < -0.39 is 11.8 Å². The molecule has 67 valence electrons. The van der Waals surface area contributed by atoms with Crippen molar-refractivity contribution in [2.75, 3.05) is 0 Å². The van der Waals surface area contributed by atoms with Gasteiger partial charge in [-0.25, -0.2) is 0 Å². The van der Waals surface area contributed by atoms with Crippen LogP contribution in [-0.4, -0.2) is 5.91 Å². The number of primary amides is 1. The van der Waals surface area contributed by atoms with Crippen molar-refractivity contribution in [1.82, 2.24) is 0 Å². The first-order valence-corrected chi connectivity index (χ1v) is 4.23. The van der Waals surface area contributed by atoms with Crippen LogP contribution in [0.1, 0.15) is 32.6 Å². The van der Waals surface area contributed by atoms with Gasteiger partial charge in [-0.1, -0.05) is 26.2 Å². The van der Waals surface area contributed by atoms with Crippen LogP contribution in [0.15, 0.2) is 0 Å². The Labute approximate surface area is 73.6 Å². The molecule has 0 saturated carbocycles. The summed E-state index contributed by atoms with van der Waals surface area (Å²) in [5, 5.41) is 8.48. The highest BCUT2D eigenvalue weighted by Crippen LogP contribution is 2.08. The van der Waals surface area contributed by atoms with Gasteiger partial charge < -0.3 is 5.73 Å². The van der Waals surface area contributed by atoms with Gasteiger partial charge >= 0.3 is 0 Å². The maximum absolute atomic E-state index is 10.6. The van der Waals surface area contributed by atoms with Crippen LogP contribution in [0.2, 0.25) is 0 Å². The third-order valence-corrected chi connectivity index (χ3v) is 1.66. The zero-order valence-electron chi connectivity index (χ0n) is 7.42. The van der Waals surface area contributed by atoms with Crippen LogP contribution in [-0.2, 0) is 4.79 Å². The topological polar surface area (TPSA) is 66.9 Å². The fourth-order valence-corrected chi connectivity index (χ4v) is 0.865. The number of unbranched alkanes of at least 4 members (excludes halogenated alkanes) is 3. The summed E-state index contributed by atoms with van der Waals surface area (Å²) in [4.78, 5) is 10.6. The maximum Gasteiger partial charge on any atom is 0.234 e. The second kappa shape index (κ2) is 6.66. The van der Waals surface area contributed by atoms with Crippen molar-refractivity contribution >= 4 is 5.91 Å². The molecule has 12 heavy (non-hydrogen) atoms. The smallest absolute Gasteiger partial charge is 0.234 e. The number of carbonyl (C=O) groups excluding carboxylic acids is 1. The zero-order valence-corrected chi connectivity index (χ0v) is 7.42. The van der Waals surface area contributed by atoms with E-state index in [2.05, 4.69) is 6.92 Å². The van der Waals surface area contributed by atoms with E-state index in [1.165, 1.54) is 0 Å². The van der Waals surface area contributed by atoms with Crippen molar-refractivity contribution in [1.29, 1.82) is 5.26 Å². The largest absolute Gasteiger partial charge is 0.369 e. The zero-order chi connectivity index (χ0) is 9.40. The summed E-state index contributed by atoms with van der Waals surface area (Å²) in [7, 11) is 0. The molecule has 1 amide bonds. The predicted molar refractivity (Wildman–Crippen MR) is 46.7 cm³/mol. The summed E-state index contributed by atoms with van der Waals surface area (Å²) >= 11 is 0. The Morgan fingerprint density at radius 1 is 1.75 bits per heavy atom. The van der Waals surface area contributed by atoms with E-state index in [0.717, 1.165) is 19.3 Å². The minimum absolute atomic E-state index is 0.492. The number of hydrogen-bond acceptors (Lipinski definition) is 2. The summed E-state index contributed by atoms with van der Waals surface area (Å²) in [5.41, 5.74) is 4.98. The molecular weight excluding hydrogens is 152 g/mol. The van der Waals surface area contributed by atoms with Gasteiger partial charge in [0.15, 0.2) is 0 Å². The minimum Gasteiger partial charge on any atom is -0.369 e. The maximum atomic E-state index is 10.6. The van der Waals surface area contributed by atoms with Crippen molar-refractivity contribution in [3.8, 4) is 6.07 Å². The molecule has 0 aromatic rings. The SMILES string of the molecule is CCCC[CH]CC(C#N)C(N)=O. The van der Waals surface area contributed by atoms with E-state index in [4.69, 9.17) is 11.0 Å². The lowest BCUT2D eigenvalue weighted by molar-refractivity contribution is -0.120. The molecule has 3 heteroatoms. The van der Waals surface area contributed by atoms with E-state index in [1.807, 2.05) is 12.5 Å². The Kier molecular flexibility index (Phi) is 6.08. The number of nitriles is 1. The van der Waals surface area contributed by atoms with Crippen LogP contribution < -0.4 is 5.73 Å². The highest BCUT2D eigenvalue weighted by molar-refractivity contribution is 5.79. The number of carbonyl (C=O) groups is 1. The van der Waals surface area contributed by atoms with E-state index >= 15 is 0 Å². The molecule has 0 spiro atoms. The summed E-state index contributed by atoms with van der Waals surface area (Å²) in [6, 6.07) is 1.87. The second-order valence-electron chi connectivity index (χ2n) is 2.75. The van der Waals surface area contributed by atoms with Gasteiger partial charge in [0.2, 0.25) is 5.91 Å². The molecule has 0 aromatic carbocycles. The van der Waals surface area contributed by atoms with Gasteiger partial charge in [-0.15, -0.1) is 0 Å². The summed E-state index contributed by atoms with van der Waals surface area (Å²) < 4.78 is 0. The first-order chi connectivity index (χ1) is 5.72. The van der Waals surface area contributed by atoms with Crippen LogP contribution >= 0.6 is 0 Å². The van der Waals surface area contributed by atoms with Crippen molar-refractivity contribution in [2.24, 2.45) is 11.7 Å². The molecule has 0 aliphatic rings. The van der Waals surface area contributed by atoms with E-state index in [9.17, 15) is 4.79 Å². The molecule has 0 fully saturated rings. The second-order valence-corrected chi connectivity index (χ2v) is 2.75. The normalized spacial score (nSPS) is 12.0. The van der Waals surface area contributed by atoms with Crippen LogP contribution in [0.3, 0.4) is 0 Å². The van der Waals surface area contributed by atoms with Crippen molar-refractivity contribution in [3.63, 3.8) is 0 Å². The molecule has 0 heterocycles. The molecule has 0 aliphatic carbocycles. The molecular formula is C9H15N2O. The molecule has 0 aliphatic heterocycles. The van der Waals surface area contributed by atoms with E-state index in [0.29, 0.717) is 6.42 Å². The lowest BCUT2D eigenvalue weighted by Gasteiger charge is -2.02. The third kappa shape index (κ3) is 4.73. The van der Waals surface area contributed by atoms with Gasteiger partial charge in [0.1, 0.15) is 5.92 Å². The number of amides is 1. The fraction of sp³-hybridized carbons (Fsp3) is 0.667. The Morgan fingerprint density at radius 2 is 2.42 bits per heavy atom. The highest BCUT2D eigenvalue weighted by Gasteiger charge is 2.12. The lowest BCUT2D eigenvalue weighted by atomic mass is 10.0. The van der Waals surface area contributed by atoms with E-state index in [-0.39, 0.29) is 0 Å². The number of rotatable bonds is 6. The van der Waals surface area contributed by atoms with Crippen LogP contribution in [0, 0.1) is 23.7 Å². The predicted octanol–water partition coefficient (Wildman–Crippen LogP) is 1.40. The Hall–Kier alpha value is -1.04. The molecule has 0 rings (SSSR count). The average Bonchev–Trinajstić information content (AvgIpc) is 2.04. The van der Waals surface area contributed by atoms with Crippen molar-refractivity contribution in [2.45, 2.75) is 32.6 Å². The van der Waals surface area contributed by atoms with Crippen molar-refractivity contribution < 1.29 is 4.79 Å². The van der Waals surface area contributed by atoms with E-state index in [1.54, 1.807) is 0 Å². The van der Waals surface area contributed by atoms with Gasteiger partial charge in [-0.2, -0.15) is 5.26 Å². The minimum atomic E-state index is -0.637. The quantitative estimate of drug-likeness (QED) is 0.607. The molecule has 1 radical (unpaired) electrons. The molecule has 3 nitrogen and oxygen atoms in total. The highest BCUT2D eigenvalue weighted by atomic mass is 16.1. The Balaban J connectivity index is 3.47. The summed E-state index contributed by atoms with van der Waals surface area (Å²) in [6.07, 6.45) is 5.65. The van der Waals surface area contributed by atoms with Gasteiger partial charge in [0, 0.05) is 0 Å². The molecule has 0 aromatic heterocycles. The summed E-state index contributed by atoms with van der Waals surface area (Å²) in [5.74, 6) is -1.16. The van der Waals surface area contributed by atoms with Gasteiger partial charge in [0.05, 0.1) is 6.07 Å². The Bertz CT molecular complexity index is 172. The number of nitrogens with zero attached hydrogens (tertiary/aromatic N) is 1. The number of nitrogens with two attached hydrogens (primary N) is 1. The van der Waals surface area contributed by atoms with Gasteiger partial charge in [-0.05, 0) is 12.8 Å². The molecule has 0 bridgehead atoms. The van der Waals surface area contributed by atoms with Crippen molar-refractivity contribution in [3.05, 3.63) is 6.42 Å². The first kappa shape index (κ1) is 11.0. The molecule has 2 N–H and O–H groups in total. The monoisotopic (exact) mass is 167 g/mol. The number of hydrogen-bond donors (Lipinski definition) is 1. The summed E-state index contributed by atoms with van der Waals surface area (Å²) in [6.45, 7) is 2.10. The van der Waals surface area contributed by atoms with Crippen LogP contribution in [0.25, 0.3) is 0 Å². The first-order valence-electron chi connectivity index (χ1n) is 4.23. The van der Waals surface area contributed by atoms with Crippen LogP contribution in [0.4, 0.5) is 0 Å².